The summed E-state index contributed by atoms with van der Waals surface area (Å²) in [5, 5.41) is 7.00. The first-order valence-corrected chi connectivity index (χ1v) is 9.62. The summed E-state index contributed by atoms with van der Waals surface area (Å²) in [4.78, 5) is 12.1. The number of aromatic nitrogens is 2. The van der Waals surface area contributed by atoms with Crippen molar-refractivity contribution in [1.29, 1.82) is 0 Å². The van der Waals surface area contributed by atoms with Crippen molar-refractivity contribution in [3.8, 4) is 5.75 Å². The lowest BCUT2D eigenvalue weighted by Crippen LogP contribution is -2.24. The van der Waals surface area contributed by atoms with Gasteiger partial charge < -0.3 is 14.5 Å². The quantitative estimate of drug-likeness (QED) is 0.483. The van der Waals surface area contributed by atoms with E-state index in [2.05, 4.69) is 42.3 Å². The van der Waals surface area contributed by atoms with Crippen molar-refractivity contribution in [2.45, 2.75) is 19.6 Å². The Kier molecular flexibility index (Phi) is 6.51. The number of nitrogens with one attached hydrogen (secondary N) is 1. The van der Waals surface area contributed by atoms with E-state index in [4.69, 9.17) is 9.15 Å². The molecule has 2 heterocycles. The van der Waals surface area contributed by atoms with Crippen LogP contribution in [-0.4, -0.2) is 22.2 Å². The molecule has 2 aromatic heterocycles. The third-order valence-corrected chi connectivity index (χ3v) is 4.47. The maximum absolute atomic E-state index is 12.1. The third kappa shape index (κ3) is 5.47. The smallest absolute Gasteiger partial charge is 0.286 e. The second-order valence-electron chi connectivity index (χ2n) is 5.54. The predicted molar refractivity (Wildman–Crippen MR) is 104 cm³/mol. The lowest BCUT2D eigenvalue weighted by molar-refractivity contribution is 0.0921. The molecule has 0 radical (unpaired) electrons. The van der Waals surface area contributed by atoms with Crippen molar-refractivity contribution in [2.75, 3.05) is 6.54 Å². The molecule has 1 N–H and O–H groups in total. The summed E-state index contributed by atoms with van der Waals surface area (Å²) in [5.74, 6) is 1.38. The molecule has 6 nitrogen and oxygen atoms in total. The molecule has 0 aliphatic heterocycles. The van der Waals surface area contributed by atoms with Gasteiger partial charge in [-0.05, 0) is 58.7 Å². The maximum atomic E-state index is 12.1. The molecule has 1 amide bonds. The van der Waals surface area contributed by atoms with Gasteiger partial charge in [-0.3, -0.25) is 9.48 Å². The molecule has 0 fully saturated rings. The minimum atomic E-state index is -0.235. The molecule has 8 heteroatoms. The first kappa shape index (κ1) is 18.7. The largest absolute Gasteiger partial charge is 0.486 e. The van der Waals surface area contributed by atoms with Gasteiger partial charge in [-0.15, -0.1) is 0 Å². The highest BCUT2D eigenvalue weighted by Gasteiger charge is 2.11. The average Bonchev–Trinajstić information content (AvgIpc) is 3.27. The standard InChI is InChI=1S/C18H17Br2N3O3/c19-13-2-4-15(5-3-13)25-12-16-6-7-17(26-16)18(24)21-8-1-9-23-11-14(20)10-22-23/h2-7,10-11H,1,8-9,12H2,(H,21,24). The molecule has 0 bridgehead atoms. The lowest BCUT2D eigenvalue weighted by Gasteiger charge is -2.05. The van der Waals surface area contributed by atoms with Crippen LogP contribution < -0.4 is 10.1 Å². The fourth-order valence-corrected chi connectivity index (χ4v) is 2.85. The number of rotatable bonds is 8. The molecular formula is C18H17Br2N3O3. The molecule has 0 unspecified atom stereocenters. The zero-order chi connectivity index (χ0) is 18.4. The average molecular weight is 483 g/mol. The molecule has 0 spiro atoms. The minimum absolute atomic E-state index is 0.235. The van der Waals surface area contributed by atoms with Gasteiger partial charge in [-0.25, -0.2) is 0 Å². The van der Waals surface area contributed by atoms with Crippen LogP contribution in [0.1, 0.15) is 22.7 Å². The number of aryl methyl sites for hydroxylation is 1. The summed E-state index contributed by atoms with van der Waals surface area (Å²) >= 11 is 6.73. The van der Waals surface area contributed by atoms with E-state index in [1.165, 1.54) is 0 Å². The molecule has 0 saturated carbocycles. The summed E-state index contributed by atoms with van der Waals surface area (Å²) in [6.45, 7) is 1.54. The number of hydrogen-bond acceptors (Lipinski definition) is 4. The van der Waals surface area contributed by atoms with Crippen LogP contribution in [-0.2, 0) is 13.2 Å². The van der Waals surface area contributed by atoms with Gasteiger partial charge in [0, 0.05) is 23.8 Å². The number of ether oxygens (including phenoxy) is 1. The van der Waals surface area contributed by atoms with Gasteiger partial charge >= 0.3 is 0 Å². The van der Waals surface area contributed by atoms with E-state index in [1.54, 1.807) is 18.3 Å². The van der Waals surface area contributed by atoms with E-state index in [0.29, 0.717) is 12.3 Å². The molecule has 26 heavy (non-hydrogen) atoms. The summed E-state index contributed by atoms with van der Waals surface area (Å²) in [7, 11) is 0. The summed E-state index contributed by atoms with van der Waals surface area (Å²) in [5.41, 5.74) is 0. The number of furan rings is 1. The summed E-state index contributed by atoms with van der Waals surface area (Å²) in [6.07, 6.45) is 4.41. The van der Waals surface area contributed by atoms with Crippen LogP contribution in [0.2, 0.25) is 0 Å². The molecule has 136 valence electrons. The van der Waals surface area contributed by atoms with Crippen molar-refractivity contribution < 1.29 is 13.9 Å². The van der Waals surface area contributed by atoms with Crippen LogP contribution in [0, 0.1) is 0 Å². The van der Waals surface area contributed by atoms with Crippen molar-refractivity contribution in [3.63, 3.8) is 0 Å². The second-order valence-corrected chi connectivity index (χ2v) is 7.37. The highest BCUT2D eigenvalue weighted by Crippen LogP contribution is 2.18. The molecule has 0 atom stereocenters. The molecule has 1 aromatic carbocycles. The lowest BCUT2D eigenvalue weighted by atomic mass is 10.3. The van der Waals surface area contributed by atoms with Crippen LogP contribution in [0.25, 0.3) is 0 Å². The van der Waals surface area contributed by atoms with Crippen LogP contribution in [0.15, 0.2) is 62.2 Å². The Bertz CT molecular complexity index is 859. The van der Waals surface area contributed by atoms with Crippen molar-refractivity contribution in [1.82, 2.24) is 15.1 Å². The normalized spacial score (nSPS) is 10.7. The maximum Gasteiger partial charge on any atom is 0.286 e. The Hall–Kier alpha value is -2.06. The monoisotopic (exact) mass is 481 g/mol. The Morgan fingerprint density at radius 2 is 1.96 bits per heavy atom. The molecule has 0 saturated heterocycles. The number of carbonyl (C=O) groups excluding carboxylic acids is 1. The first-order valence-electron chi connectivity index (χ1n) is 8.03. The highest BCUT2D eigenvalue weighted by atomic mass is 79.9. The van der Waals surface area contributed by atoms with Crippen LogP contribution in [0.3, 0.4) is 0 Å². The predicted octanol–water partition coefficient (Wildman–Crippen LogP) is 4.40. The SMILES string of the molecule is O=C(NCCCn1cc(Br)cn1)c1ccc(COc2ccc(Br)cc2)o1. The zero-order valence-electron chi connectivity index (χ0n) is 13.8. The van der Waals surface area contributed by atoms with Gasteiger partial charge in [0.1, 0.15) is 18.1 Å². The van der Waals surface area contributed by atoms with Gasteiger partial charge in [-0.2, -0.15) is 5.10 Å². The number of hydrogen-bond donors (Lipinski definition) is 1. The fraction of sp³-hybridized carbons (Fsp3) is 0.222. The highest BCUT2D eigenvalue weighted by molar-refractivity contribution is 9.10. The van der Waals surface area contributed by atoms with Crippen molar-refractivity contribution in [2.24, 2.45) is 0 Å². The number of halogens is 2. The number of benzene rings is 1. The van der Waals surface area contributed by atoms with Gasteiger partial charge in [0.05, 0.1) is 10.7 Å². The second kappa shape index (κ2) is 9.05. The van der Waals surface area contributed by atoms with Crippen LogP contribution in [0.4, 0.5) is 0 Å². The molecule has 3 rings (SSSR count). The van der Waals surface area contributed by atoms with E-state index < -0.39 is 0 Å². The van der Waals surface area contributed by atoms with Gasteiger partial charge in [0.2, 0.25) is 0 Å². The van der Waals surface area contributed by atoms with E-state index in [9.17, 15) is 4.79 Å². The minimum Gasteiger partial charge on any atom is -0.486 e. The Morgan fingerprint density at radius 1 is 1.15 bits per heavy atom. The number of nitrogens with zero attached hydrogens (tertiary/aromatic N) is 2. The van der Waals surface area contributed by atoms with Crippen molar-refractivity contribution >= 4 is 37.8 Å². The topological polar surface area (TPSA) is 69.3 Å². The van der Waals surface area contributed by atoms with Gasteiger partial charge in [-0.1, -0.05) is 15.9 Å². The molecule has 0 aliphatic carbocycles. The van der Waals surface area contributed by atoms with Gasteiger partial charge in [0.15, 0.2) is 5.76 Å². The van der Waals surface area contributed by atoms with Gasteiger partial charge in [0.25, 0.3) is 5.91 Å². The Labute approximate surface area is 167 Å². The number of amides is 1. The zero-order valence-corrected chi connectivity index (χ0v) is 17.0. The van der Waals surface area contributed by atoms with Crippen molar-refractivity contribution in [3.05, 3.63) is 69.3 Å². The summed E-state index contributed by atoms with van der Waals surface area (Å²) in [6, 6.07) is 10.9. The third-order valence-electron chi connectivity index (χ3n) is 3.53. The van der Waals surface area contributed by atoms with Crippen LogP contribution >= 0.6 is 31.9 Å². The van der Waals surface area contributed by atoms with Crippen LogP contribution in [0.5, 0.6) is 5.75 Å². The number of carbonyl (C=O) groups is 1. The fourth-order valence-electron chi connectivity index (χ4n) is 2.25. The molecule has 0 aliphatic rings. The van der Waals surface area contributed by atoms with E-state index in [1.807, 2.05) is 35.1 Å². The first-order chi connectivity index (χ1) is 12.6. The van der Waals surface area contributed by atoms with E-state index in [0.717, 1.165) is 27.7 Å². The van der Waals surface area contributed by atoms with E-state index in [-0.39, 0.29) is 18.3 Å². The van der Waals surface area contributed by atoms with E-state index >= 15 is 0 Å². The molecular weight excluding hydrogens is 466 g/mol. The Balaban J connectivity index is 1.41. The Morgan fingerprint density at radius 3 is 2.69 bits per heavy atom. The molecule has 3 aromatic rings. The summed E-state index contributed by atoms with van der Waals surface area (Å²) < 4.78 is 14.9.